The van der Waals surface area contributed by atoms with Crippen molar-refractivity contribution >= 4 is 54.9 Å². The van der Waals surface area contributed by atoms with Crippen LogP contribution in [0.4, 0.5) is 24.7 Å². The van der Waals surface area contributed by atoms with Crippen molar-refractivity contribution in [2.24, 2.45) is 0 Å². The highest BCUT2D eigenvalue weighted by Crippen LogP contribution is 2.28. The molecule has 15 heteroatoms. The quantitative estimate of drug-likeness (QED) is 0.240. The zero-order valence-electron chi connectivity index (χ0n) is 22.1. The van der Waals surface area contributed by atoms with Crippen LogP contribution in [0.25, 0.3) is 21.5 Å². The SMILES string of the molecule is COc1ccc2ccc(S(=O)(=O)NC3CCN(Cc4cc5c(N)nccc5cc4N)C3=O)cc2c1.O=C(O)C(F)(F)F. The number of nitrogens with zero attached hydrogens (tertiary/aromatic N) is 2. The number of carbonyl (C=O) groups is 2. The molecule has 1 aliphatic heterocycles. The molecule has 11 nitrogen and oxygen atoms in total. The molecule has 3 aromatic carbocycles. The molecule has 2 heterocycles. The molecule has 1 amide bonds. The van der Waals surface area contributed by atoms with Crippen molar-refractivity contribution in [3.63, 3.8) is 0 Å². The summed E-state index contributed by atoms with van der Waals surface area (Å²) in [6.45, 7) is 0.657. The van der Waals surface area contributed by atoms with Gasteiger partial charge in [0.2, 0.25) is 15.9 Å². The number of methoxy groups -OCH3 is 1. The second-order valence-electron chi connectivity index (χ2n) is 9.37. The Hall–Kier alpha value is -4.63. The third-order valence-corrected chi connectivity index (χ3v) is 8.05. The van der Waals surface area contributed by atoms with Gasteiger partial charge in [-0.3, -0.25) is 4.79 Å². The smallest absolute Gasteiger partial charge is 0.490 e. The fraction of sp³-hybridized carbons (Fsp3) is 0.222. The van der Waals surface area contributed by atoms with Crippen molar-refractivity contribution in [2.75, 3.05) is 25.1 Å². The lowest BCUT2D eigenvalue weighted by atomic mass is 10.1. The van der Waals surface area contributed by atoms with Gasteiger partial charge >= 0.3 is 12.1 Å². The number of halogens is 3. The van der Waals surface area contributed by atoms with E-state index in [1.54, 1.807) is 42.5 Å². The molecule has 0 spiro atoms. The van der Waals surface area contributed by atoms with Crippen LogP contribution in [-0.4, -0.2) is 61.2 Å². The van der Waals surface area contributed by atoms with E-state index in [0.717, 1.165) is 27.1 Å². The van der Waals surface area contributed by atoms with E-state index in [1.165, 1.54) is 6.07 Å². The number of hydrogen-bond acceptors (Lipinski definition) is 8. The number of fused-ring (bicyclic) bond motifs is 2. The van der Waals surface area contributed by atoms with Crippen molar-refractivity contribution in [1.29, 1.82) is 0 Å². The Morgan fingerprint density at radius 2 is 1.79 bits per heavy atom. The zero-order chi connectivity index (χ0) is 30.8. The second-order valence-corrected chi connectivity index (χ2v) is 11.1. The number of nitrogens with one attached hydrogen (secondary N) is 1. The molecule has 1 atom stereocenters. The molecule has 1 aliphatic rings. The number of carboxylic acid groups (broad SMARTS) is 1. The number of sulfonamides is 1. The summed E-state index contributed by atoms with van der Waals surface area (Å²) in [6.07, 6.45) is -3.11. The number of nitrogens with two attached hydrogens (primary N) is 2. The van der Waals surface area contributed by atoms with Crippen molar-refractivity contribution < 1.29 is 41.0 Å². The number of pyridine rings is 1. The number of carboxylic acids is 1. The first kappa shape index (κ1) is 30.3. The minimum atomic E-state index is -5.08. The van der Waals surface area contributed by atoms with Gasteiger partial charge in [-0.15, -0.1) is 0 Å². The van der Waals surface area contributed by atoms with Gasteiger partial charge in [-0.25, -0.2) is 18.2 Å². The number of benzene rings is 3. The Morgan fingerprint density at radius 3 is 2.45 bits per heavy atom. The summed E-state index contributed by atoms with van der Waals surface area (Å²) >= 11 is 0. The highest BCUT2D eigenvalue weighted by atomic mass is 32.2. The van der Waals surface area contributed by atoms with Crippen molar-refractivity contribution in [3.05, 3.63) is 66.4 Å². The van der Waals surface area contributed by atoms with Crippen LogP contribution in [0.15, 0.2) is 65.7 Å². The summed E-state index contributed by atoms with van der Waals surface area (Å²) in [5, 5.41) is 10.4. The number of amides is 1. The molecular formula is C27H26F3N5O6S. The minimum absolute atomic E-state index is 0.0891. The van der Waals surface area contributed by atoms with Gasteiger partial charge in [-0.2, -0.15) is 17.9 Å². The van der Waals surface area contributed by atoms with Crippen LogP contribution < -0.4 is 20.9 Å². The van der Waals surface area contributed by atoms with Gasteiger partial charge in [0.05, 0.1) is 12.0 Å². The van der Waals surface area contributed by atoms with Gasteiger partial charge in [0.1, 0.15) is 17.6 Å². The van der Waals surface area contributed by atoms with Crippen molar-refractivity contribution in [3.8, 4) is 5.75 Å². The molecule has 1 aromatic heterocycles. The predicted octanol–water partition coefficient (Wildman–Crippen LogP) is 3.27. The molecule has 6 N–H and O–H groups in total. The molecule has 0 radical (unpaired) electrons. The van der Waals surface area contributed by atoms with E-state index in [0.29, 0.717) is 30.2 Å². The number of likely N-dealkylation sites (tertiary alicyclic amines) is 1. The standard InChI is InChI=1S/C25H25N5O4S.C2HF3O2/c1-34-19-4-2-15-3-5-20(11-17(15)10-19)35(32,33)29-23-7-9-30(25(23)31)14-18-12-21-16(13-22(18)26)6-8-28-24(21)27;3-2(4,5)1(6)7/h2-6,8,10-13,23,29H,7,9,14,26H2,1H3,(H2,27,28);(H,6,7). The summed E-state index contributed by atoms with van der Waals surface area (Å²) < 4.78 is 65.7. The van der Waals surface area contributed by atoms with Gasteiger partial charge in [0.25, 0.3) is 0 Å². The largest absolute Gasteiger partial charge is 0.497 e. The summed E-state index contributed by atoms with van der Waals surface area (Å²) in [7, 11) is -2.36. The number of alkyl halides is 3. The highest BCUT2D eigenvalue weighted by molar-refractivity contribution is 7.89. The first-order chi connectivity index (χ1) is 19.7. The maximum Gasteiger partial charge on any atom is 0.490 e. The summed E-state index contributed by atoms with van der Waals surface area (Å²) in [6, 6.07) is 14.9. The zero-order valence-corrected chi connectivity index (χ0v) is 22.9. The average molecular weight is 606 g/mol. The van der Waals surface area contributed by atoms with E-state index < -0.39 is 28.2 Å². The highest BCUT2D eigenvalue weighted by Gasteiger charge is 2.38. The topological polar surface area (TPSA) is 178 Å². The molecule has 1 saturated heterocycles. The molecule has 5 rings (SSSR count). The van der Waals surface area contributed by atoms with Gasteiger partial charge in [-0.05, 0) is 70.6 Å². The van der Waals surface area contributed by atoms with E-state index in [9.17, 15) is 26.4 Å². The van der Waals surface area contributed by atoms with E-state index in [-0.39, 0.29) is 17.3 Å². The Kier molecular flexibility index (Phi) is 8.45. The number of anilines is 2. The molecule has 4 aromatic rings. The summed E-state index contributed by atoms with van der Waals surface area (Å²) in [5.41, 5.74) is 13.5. The number of carbonyl (C=O) groups excluding carboxylic acids is 1. The molecular weight excluding hydrogens is 579 g/mol. The lowest BCUT2D eigenvalue weighted by molar-refractivity contribution is -0.192. The molecule has 0 aliphatic carbocycles. The molecule has 0 bridgehead atoms. The summed E-state index contributed by atoms with van der Waals surface area (Å²) in [4.78, 5) is 27.8. The van der Waals surface area contributed by atoms with Crippen molar-refractivity contribution in [2.45, 2.75) is 30.1 Å². The van der Waals surface area contributed by atoms with Gasteiger partial charge in [0, 0.05) is 30.4 Å². The Morgan fingerprint density at radius 1 is 1.10 bits per heavy atom. The predicted molar refractivity (Wildman–Crippen MR) is 149 cm³/mol. The monoisotopic (exact) mass is 605 g/mol. The Bertz CT molecular complexity index is 1780. The lowest BCUT2D eigenvalue weighted by Crippen LogP contribution is -2.41. The van der Waals surface area contributed by atoms with E-state index in [2.05, 4.69) is 9.71 Å². The fourth-order valence-corrected chi connectivity index (χ4v) is 5.66. The number of aromatic nitrogens is 1. The minimum Gasteiger partial charge on any atom is -0.497 e. The number of hydrogen-bond donors (Lipinski definition) is 4. The number of aliphatic carboxylic acids is 1. The van der Waals surface area contributed by atoms with Crippen LogP contribution in [-0.2, 0) is 26.2 Å². The average Bonchev–Trinajstić information content (AvgIpc) is 3.26. The first-order valence-electron chi connectivity index (χ1n) is 12.3. The van der Waals surface area contributed by atoms with E-state index in [1.807, 2.05) is 24.3 Å². The number of ether oxygens (including phenoxy) is 1. The van der Waals surface area contributed by atoms with Crippen LogP contribution in [0.5, 0.6) is 5.75 Å². The maximum absolute atomic E-state index is 13.1. The third-order valence-electron chi connectivity index (χ3n) is 6.58. The molecule has 1 unspecified atom stereocenters. The first-order valence-corrected chi connectivity index (χ1v) is 13.8. The van der Waals surface area contributed by atoms with Crippen molar-refractivity contribution in [1.82, 2.24) is 14.6 Å². The van der Waals surface area contributed by atoms with Crippen LogP contribution >= 0.6 is 0 Å². The van der Waals surface area contributed by atoms with Crippen LogP contribution in [0, 0.1) is 0 Å². The second kappa shape index (κ2) is 11.7. The van der Waals surface area contributed by atoms with Crippen LogP contribution in [0.1, 0.15) is 12.0 Å². The van der Waals surface area contributed by atoms with Gasteiger partial charge < -0.3 is 26.2 Å². The van der Waals surface area contributed by atoms with Gasteiger partial charge in [-0.1, -0.05) is 12.1 Å². The third kappa shape index (κ3) is 6.63. The Labute approximate surface area is 237 Å². The van der Waals surface area contributed by atoms with Crippen LogP contribution in [0.2, 0.25) is 0 Å². The van der Waals surface area contributed by atoms with E-state index >= 15 is 0 Å². The molecule has 1 fully saturated rings. The number of nitrogen functional groups attached to an aromatic ring is 2. The fourth-order valence-electron chi connectivity index (χ4n) is 4.41. The summed E-state index contributed by atoms with van der Waals surface area (Å²) in [5.74, 6) is -2.04. The van der Waals surface area contributed by atoms with Crippen LogP contribution in [0.3, 0.4) is 0 Å². The normalized spacial score (nSPS) is 15.5. The molecule has 42 heavy (non-hydrogen) atoms. The maximum atomic E-state index is 13.1. The molecule has 0 saturated carbocycles. The number of rotatable bonds is 6. The van der Waals surface area contributed by atoms with E-state index in [4.69, 9.17) is 26.1 Å². The Balaban J connectivity index is 0.000000517. The van der Waals surface area contributed by atoms with Gasteiger partial charge in [0.15, 0.2) is 0 Å². The lowest BCUT2D eigenvalue weighted by Gasteiger charge is -2.19. The molecule has 222 valence electrons.